The van der Waals surface area contributed by atoms with Crippen LogP contribution in [0.3, 0.4) is 0 Å². The maximum atomic E-state index is 11.5. The number of hydrogen-bond donors (Lipinski definition) is 0. The predicted octanol–water partition coefficient (Wildman–Crippen LogP) is 2.17. The van der Waals surface area contributed by atoms with Crippen molar-refractivity contribution in [1.29, 1.82) is 0 Å². The van der Waals surface area contributed by atoms with Crippen LogP contribution in [0.15, 0.2) is 24.6 Å². The largest absolute Gasteiger partial charge is 0.459 e. The van der Waals surface area contributed by atoms with E-state index in [9.17, 15) is 9.59 Å². The van der Waals surface area contributed by atoms with Crippen LogP contribution < -0.4 is 0 Å². The fourth-order valence-corrected chi connectivity index (χ4v) is 1.77. The Kier molecular flexibility index (Phi) is 12.5. The summed E-state index contributed by atoms with van der Waals surface area (Å²) < 4.78 is 9.92. The van der Waals surface area contributed by atoms with Gasteiger partial charge in [0.25, 0.3) is 0 Å². The average Bonchev–Trinajstić information content (AvgIpc) is 2.56. The van der Waals surface area contributed by atoms with Crippen LogP contribution in [-0.2, 0) is 19.1 Å². The maximum absolute atomic E-state index is 11.5. The molecule has 0 rings (SSSR count). The zero-order valence-electron chi connectivity index (χ0n) is 14.8. The van der Waals surface area contributed by atoms with Crippen LogP contribution in [0.2, 0.25) is 0 Å². The van der Waals surface area contributed by atoms with Crippen molar-refractivity contribution in [3.8, 4) is 0 Å². The van der Waals surface area contributed by atoms with Crippen LogP contribution in [0.5, 0.6) is 0 Å². The predicted molar refractivity (Wildman–Crippen MR) is 90.7 cm³/mol. The Bertz CT molecular complexity index is 390. The van der Waals surface area contributed by atoms with E-state index in [1.54, 1.807) is 12.4 Å². The third-order valence-corrected chi connectivity index (χ3v) is 3.14. The topological polar surface area (TPSA) is 59.1 Å². The van der Waals surface area contributed by atoms with Gasteiger partial charge in [-0.3, -0.25) is 0 Å². The van der Waals surface area contributed by atoms with Gasteiger partial charge in [-0.05, 0) is 27.2 Å². The summed E-state index contributed by atoms with van der Waals surface area (Å²) in [7, 11) is 0. The molecule has 23 heavy (non-hydrogen) atoms. The summed E-state index contributed by atoms with van der Waals surface area (Å²) in [6, 6.07) is 0. The van der Waals surface area contributed by atoms with Crippen LogP contribution in [0.25, 0.3) is 0 Å². The monoisotopic (exact) mass is 326 g/mol. The fourth-order valence-electron chi connectivity index (χ4n) is 1.77. The smallest absolute Gasteiger partial charge is 0.332 e. The summed E-state index contributed by atoms with van der Waals surface area (Å²) in [6.45, 7) is 11.6. The molecule has 0 aromatic heterocycles. The van der Waals surface area contributed by atoms with Crippen molar-refractivity contribution in [2.45, 2.75) is 34.1 Å². The molecule has 0 N–H and O–H groups in total. The van der Waals surface area contributed by atoms with Gasteiger partial charge in [-0.25, -0.2) is 9.59 Å². The molecule has 0 amide bonds. The van der Waals surface area contributed by atoms with E-state index in [0.717, 1.165) is 32.6 Å². The van der Waals surface area contributed by atoms with Gasteiger partial charge in [0.15, 0.2) is 0 Å². The molecule has 0 heterocycles. The second kappa shape index (κ2) is 13.7. The molecule has 0 saturated carbocycles. The van der Waals surface area contributed by atoms with Gasteiger partial charge in [-0.2, -0.15) is 0 Å². The van der Waals surface area contributed by atoms with Gasteiger partial charge in [0, 0.05) is 50.7 Å². The van der Waals surface area contributed by atoms with Gasteiger partial charge in [-0.1, -0.05) is 6.92 Å². The number of rotatable bonds is 12. The Morgan fingerprint density at radius 3 is 1.61 bits per heavy atom. The Morgan fingerprint density at radius 1 is 0.783 bits per heavy atom. The van der Waals surface area contributed by atoms with E-state index in [2.05, 4.69) is 6.92 Å². The molecule has 0 aromatic carbocycles. The summed E-state index contributed by atoms with van der Waals surface area (Å²) in [5.74, 6) is -0.877. The lowest BCUT2D eigenvalue weighted by atomic mass is 10.4. The highest BCUT2D eigenvalue weighted by atomic mass is 16.6. The summed E-state index contributed by atoms with van der Waals surface area (Å²) in [5.41, 5.74) is 0. The van der Waals surface area contributed by atoms with Crippen molar-refractivity contribution in [3.63, 3.8) is 0 Å². The third-order valence-electron chi connectivity index (χ3n) is 3.14. The SMILES string of the molecule is CCCN(/C=C/C(=O)OCCOC(=O)/C=C/N(CC)CC)CC. The molecular weight excluding hydrogens is 296 g/mol. The van der Waals surface area contributed by atoms with Crippen LogP contribution in [0, 0.1) is 0 Å². The number of carbonyl (C=O) groups excluding carboxylic acids is 2. The summed E-state index contributed by atoms with van der Waals surface area (Å²) in [4.78, 5) is 27.0. The minimum atomic E-state index is -0.441. The van der Waals surface area contributed by atoms with Crippen molar-refractivity contribution in [2.24, 2.45) is 0 Å². The first-order valence-corrected chi connectivity index (χ1v) is 8.25. The highest BCUT2D eigenvalue weighted by Gasteiger charge is 2.02. The van der Waals surface area contributed by atoms with Gasteiger partial charge >= 0.3 is 11.9 Å². The van der Waals surface area contributed by atoms with Gasteiger partial charge < -0.3 is 19.3 Å². The highest BCUT2D eigenvalue weighted by molar-refractivity contribution is 5.82. The molecule has 0 saturated heterocycles. The van der Waals surface area contributed by atoms with Crippen molar-refractivity contribution in [3.05, 3.63) is 24.6 Å². The standard InChI is InChI=1S/C17H30N2O4/c1-5-11-19(8-4)13-10-17(21)23-15-14-22-16(20)9-12-18(6-2)7-3/h9-10,12-13H,5-8,11,14-15H2,1-4H3/b12-9+,13-10+. The maximum Gasteiger partial charge on any atom is 0.332 e. The highest BCUT2D eigenvalue weighted by Crippen LogP contribution is 1.94. The summed E-state index contributed by atoms with van der Waals surface area (Å²) in [5, 5.41) is 0. The minimum absolute atomic E-state index is 0.0491. The number of carbonyl (C=O) groups is 2. The lowest BCUT2D eigenvalue weighted by Gasteiger charge is -2.16. The van der Waals surface area contributed by atoms with E-state index in [-0.39, 0.29) is 13.2 Å². The molecule has 0 bridgehead atoms. The molecule has 6 heteroatoms. The zero-order chi connectivity index (χ0) is 17.5. The average molecular weight is 326 g/mol. The first kappa shape index (κ1) is 21.0. The Balaban J connectivity index is 3.92. The van der Waals surface area contributed by atoms with Crippen molar-refractivity contribution >= 4 is 11.9 Å². The first-order chi connectivity index (χ1) is 11.1. The number of hydrogen-bond acceptors (Lipinski definition) is 6. The summed E-state index contributed by atoms with van der Waals surface area (Å²) >= 11 is 0. The van der Waals surface area contributed by atoms with Gasteiger partial charge in [0.2, 0.25) is 0 Å². The van der Waals surface area contributed by atoms with Crippen molar-refractivity contribution in [2.75, 3.05) is 39.4 Å². The van der Waals surface area contributed by atoms with E-state index < -0.39 is 11.9 Å². The molecule has 0 aromatic rings. The van der Waals surface area contributed by atoms with Crippen LogP contribution in [-0.4, -0.2) is 61.1 Å². The van der Waals surface area contributed by atoms with Crippen LogP contribution >= 0.6 is 0 Å². The molecule has 0 radical (unpaired) electrons. The van der Waals surface area contributed by atoms with E-state index in [4.69, 9.17) is 9.47 Å². The molecule has 0 aliphatic carbocycles. The minimum Gasteiger partial charge on any atom is -0.459 e. The van der Waals surface area contributed by atoms with E-state index in [1.165, 1.54) is 12.2 Å². The number of nitrogens with zero attached hydrogens (tertiary/aromatic N) is 2. The normalized spacial score (nSPS) is 11.0. The molecule has 6 nitrogen and oxygen atoms in total. The lowest BCUT2D eigenvalue weighted by molar-refractivity contribution is -0.146. The molecule has 0 aliphatic heterocycles. The number of ether oxygens (including phenoxy) is 2. The quantitative estimate of drug-likeness (QED) is 0.311. The van der Waals surface area contributed by atoms with E-state index in [1.807, 2.05) is 30.6 Å². The van der Waals surface area contributed by atoms with Gasteiger partial charge in [-0.15, -0.1) is 0 Å². The van der Waals surface area contributed by atoms with Crippen LogP contribution in [0.1, 0.15) is 34.1 Å². The van der Waals surface area contributed by atoms with Crippen molar-refractivity contribution in [1.82, 2.24) is 9.80 Å². The zero-order valence-corrected chi connectivity index (χ0v) is 14.8. The molecular formula is C17H30N2O4. The molecule has 0 unspecified atom stereocenters. The van der Waals surface area contributed by atoms with E-state index >= 15 is 0 Å². The molecule has 132 valence electrons. The lowest BCUT2D eigenvalue weighted by Crippen LogP contribution is -2.18. The second-order valence-electron chi connectivity index (χ2n) is 4.82. The molecule has 0 atom stereocenters. The van der Waals surface area contributed by atoms with Gasteiger partial charge in [0.1, 0.15) is 13.2 Å². The Morgan fingerprint density at radius 2 is 1.22 bits per heavy atom. The third kappa shape index (κ3) is 11.3. The molecule has 0 fully saturated rings. The fraction of sp³-hybridized carbons (Fsp3) is 0.647. The molecule has 0 aliphatic rings. The van der Waals surface area contributed by atoms with Crippen LogP contribution in [0.4, 0.5) is 0 Å². The van der Waals surface area contributed by atoms with Gasteiger partial charge in [0.05, 0.1) is 0 Å². The Labute approximate surface area is 139 Å². The number of esters is 2. The molecule has 0 spiro atoms. The van der Waals surface area contributed by atoms with E-state index in [0.29, 0.717) is 0 Å². The summed E-state index contributed by atoms with van der Waals surface area (Å²) in [6.07, 6.45) is 7.21. The first-order valence-electron chi connectivity index (χ1n) is 8.25. The Hall–Kier alpha value is -1.98. The van der Waals surface area contributed by atoms with Crippen molar-refractivity contribution < 1.29 is 19.1 Å². The second-order valence-corrected chi connectivity index (χ2v) is 4.82.